The number of ether oxygens (including phenoxy) is 1. The fourth-order valence-corrected chi connectivity index (χ4v) is 4.90. The molecule has 4 heteroatoms. The molecule has 1 aromatic carbocycles. The van der Waals surface area contributed by atoms with Gasteiger partial charge in [-0.25, -0.2) is 4.98 Å². The Kier molecular flexibility index (Phi) is 6.41. The normalized spacial score (nSPS) is 20.1. The fraction of sp³-hybridized carbons (Fsp3) is 0.423. The summed E-state index contributed by atoms with van der Waals surface area (Å²) in [5.74, 6) is 2.38. The van der Waals surface area contributed by atoms with Crippen molar-refractivity contribution in [3.05, 3.63) is 66.0 Å². The van der Waals surface area contributed by atoms with Gasteiger partial charge in [0.25, 0.3) is 0 Å². The average Bonchev–Trinajstić information content (AvgIpc) is 2.82. The quantitative estimate of drug-likeness (QED) is 0.441. The molecule has 0 unspecified atom stereocenters. The van der Waals surface area contributed by atoms with Crippen LogP contribution in [0, 0.1) is 11.8 Å². The van der Waals surface area contributed by atoms with Crippen LogP contribution in [0.2, 0.25) is 0 Å². The number of ketones is 1. The van der Waals surface area contributed by atoms with Crippen LogP contribution in [-0.2, 0) is 0 Å². The summed E-state index contributed by atoms with van der Waals surface area (Å²) in [4.78, 5) is 21.6. The molecule has 4 nitrogen and oxygen atoms in total. The van der Waals surface area contributed by atoms with Crippen LogP contribution in [0.3, 0.4) is 0 Å². The monoisotopic (exact) mass is 402 g/mol. The molecule has 1 saturated carbocycles. The van der Waals surface area contributed by atoms with Crippen LogP contribution in [0.15, 0.2) is 54.9 Å². The Morgan fingerprint density at radius 3 is 2.57 bits per heavy atom. The second-order valence-electron chi connectivity index (χ2n) is 8.46. The zero-order valence-electron chi connectivity index (χ0n) is 17.9. The second-order valence-corrected chi connectivity index (χ2v) is 8.46. The highest BCUT2D eigenvalue weighted by atomic mass is 16.5. The molecule has 30 heavy (non-hydrogen) atoms. The Balaban J connectivity index is 1.37. The predicted molar refractivity (Wildman–Crippen MR) is 120 cm³/mol. The van der Waals surface area contributed by atoms with Crippen LogP contribution < -0.4 is 4.74 Å². The van der Waals surface area contributed by atoms with Crippen molar-refractivity contribution in [1.82, 2.24) is 9.97 Å². The van der Waals surface area contributed by atoms with Crippen molar-refractivity contribution in [3.8, 4) is 5.88 Å². The summed E-state index contributed by atoms with van der Waals surface area (Å²) in [5, 5.41) is 1.22. The van der Waals surface area contributed by atoms with Crippen LogP contribution in [0.4, 0.5) is 0 Å². The number of fused-ring (bicyclic) bond motifs is 1. The average molecular weight is 403 g/mol. The van der Waals surface area contributed by atoms with E-state index in [9.17, 15) is 4.79 Å². The fourth-order valence-electron chi connectivity index (χ4n) is 4.90. The molecular weight excluding hydrogens is 372 g/mol. The molecule has 2 heterocycles. The Morgan fingerprint density at radius 1 is 1.07 bits per heavy atom. The van der Waals surface area contributed by atoms with E-state index in [0.717, 1.165) is 11.9 Å². The van der Waals surface area contributed by atoms with Gasteiger partial charge in [0.2, 0.25) is 5.88 Å². The van der Waals surface area contributed by atoms with Crippen molar-refractivity contribution in [2.45, 2.75) is 51.4 Å². The number of para-hydroxylation sites is 1. The lowest BCUT2D eigenvalue weighted by molar-refractivity contribution is 0.0925. The molecule has 0 saturated heterocycles. The van der Waals surface area contributed by atoms with Crippen LogP contribution in [0.5, 0.6) is 5.88 Å². The molecule has 1 atom stereocenters. The van der Waals surface area contributed by atoms with E-state index >= 15 is 0 Å². The molecule has 0 bridgehead atoms. The Bertz CT molecular complexity index is 991. The van der Waals surface area contributed by atoms with Gasteiger partial charge in [0.1, 0.15) is 0 Å². The third kappa shape index (κ3) is 4.53. The molecule has 0 spiro atoms. The first-order valence-electron chi connectivity index (χ1n) is 11.1. The van der Waals surface area contributed by atoms with Gasteiger partial charge in [-0.3, -0.25) is 9.78 Å². The zero-order chi connectivity index (χ0) is 20.9. The number of rotatable bonds is 7. The number of methoxy groups -OCH3 is 1. The van der Waals surface area contributed by atoms with Gasteiger partial charge < -0.3 is 4.74 Å². The molecule has 1 aliphatic carbocycles. The Hall–Kier alpha value is -2.75. The molecule has 0 aliphatic heterocycles. The van der Waals surface area contributed by atoms with Crippen molar-refractivity contribution in [2.75, 3.05) is 7.11 Å². The minimum Gasteiger partial charge on any atom is -0.481 e. The minimum atomic E-state index is 0.192. The lowest BCUT2D eigenvalue weighted by atomic mass is 9.72. The molecule has 156 valence electrons. The maximum absolute atomic E-state index is 12.8. The largest absolute Gasteiger partial charge is 0.481 e. The highest BCUT2D eigenvalue weighted by Gasteiger charge is 2.29. The van der Waals surface area contributed by atoms with Gasteiger partial charge in [-0.2, -0.15) is 0 Å². The number of hydrogen-bond donors (Lipinski definition) is 0. The first-order valence-corrected chi connectivity index (χ1v) is 11.1. The number of nitrogens with zero attached hydrogens (tertiary/aromatic N) is 2. The number of pyridine rings is 2. The van der Waals surface area contributed by atoms with Gasteiger partial charge in [-0.15, -0.1) is 0 Å². The standard InChI is InChI=1S/C26H30N2O2/c1-3-18(15-25(29)22-12-13-26(30-2)28-16-22)19-8-10-20(11-9-19)23-14-21-6-4-5-7-24(21)27-17-23/h4-7,12-14,16-20H,3,8-11,15H2,1-2H3/t18-,19?,20?/m0/s1. The van der Waals surface area contributed by atoms with E-state index in [1.54, 1.807) is 19.4 Å². The van der Waals surface area contributed by atoms with Gasteiger partial charge in [0.05, 0.1) is 12.6 Å². The molecule has 4 rings (SSSR count). The van der Waals surface area contributed by atoms with E-state index in [2.05, 4.69) is 47.4 Å². The lowest BCUT2D eigenvalue weighted by Crippen LogP contribution is -2.23. The van der Waals surface area contributed by atoms with Crippen LogP contribution >= 0.6 is 0 Å². The van der Waals surface area contributed by atoms with E-state index in [1.165, 1.54) is 36.6 Å². The van der Waals surface area contributed by atoms with Gasteiger partial charge in [-0.05, 0) is 67.2 Å². The number of hydrogen-bond acceptors (Lipinski definition) is 4. The highest BCUT2D eigenvalue weighted by Crippen LogP contribution is 2.41. The first kappa shape index (κ1) is 20.5. The summed E-state index contributed by atoms with van der Waals surface area (Å²) in [5.41, 5.74) is 3.11. The minimum absolute atomic E-state index is 0.192. The summed E-state index contributed by atoms with van der Waals surface area (Å²) in [6.07, 6.45) is 10.1. The van der Waals surface area contributed by atoms with Crippen LogP contribution in [0.1, 0.15) is 67.3 Å². The topological polar surface area (TPSA) is 52.1 Å². The SMILES string of the molecule is CC[C@@H](CC(=O)c1ccc(OC)nc1)C1CCC(c2cnc3ccccc3c2)CC1. The number of carbonyl (C=O) groups excluding carboxylic acids is 1. The van der Waals surface area contributed by atoms with Crippen molar-refractivity contribution >= 4 is 16.7 Å². The first-order chi connectivity index (χ1) is 14.7. The van der Waals surface area contributed by atoms with E-state index in [0.29, 0.717) is 35.6 Å². The number of carbonyl (C=O) groups is 1. The van der Waals surface area contributed by atoms with Crippen molar-refractivity contribution < 1.29 is 9.53 Å². The van der Waals surface area contributed by atoms with Crippen LogP contribution in [-0.4, -0.2) is 22.9 Å². The molecule has 3 aromatic rings. The second kappa shape index (κ2) is 9.38. The molecule has 1 aliphatic rings. The predicted octanol–water partition coefficient (Wildman–Crippen LogP) is 6.21. The van der Waals surface area contributed by atoms with Crippen LogP contribution in [0.25, 0.3) is 10.9 Å². The maximum Gasteiger partial charge on any atom is 0.212 e. The summed E-state index contributed by atoms with van der Waals surface area (Å²) in [6.45, 7) is 2.21. The van der Waals surface area contributed by atoms with Crippen molar-refractivity contribution in [1.29, 1.82) is 0 Å². The summed E-state index contributed by atoms with van der Waals surface area (Å²) < 4.78 is 5.09. The highest BCUT2D eigenvalue weighted by molar-refractivity contribution is 5.96. The van der Waals surface area contributed by atoms with E-state index in [4.69, 9.17) is 4.74 Å². The van der Waals surface area contributed by atoms with Gasteiger partial charge in [-0.1, -0.05) is 31.5 Å². The molecule has 0 N–H and O–H groups in total. The van der Waals surface area contributed by atoms with E-state index in [1.807, 2.05) is 12.1 Å². The summed E-state index contributed by atoms with van der Waals surface area (Å²) >= 11 is 0. The van der Waals surface area contributed by atoms with Crippen molar-refractivity contribution in [2.24, 2.45) is 11.8 Å². The molecule has 0 radical (unpaired) electrons. The third-order valence-corrected chi connectivity index (χ3v) is 6.76. The zero-order valence-corrected chi connectivity index (χ0v) is 17.9. The van der Waals surface area contributed by atoms with E-state index in [-0.39, 0.29) is 5.78 Å². The Morgan fingerprint density at radius 2 is 1.87 bits per heavy atom. The third-order valence-electron chi connectivity index (χ3n) is 6.76. The summed E-state index contributed by atoms with van der Waals surface area (Å²) in [6, 6.07) is 14.2. The van der Waals surface area contributed by atoms with E-state index < -0.39 is 0 Å². The molecular formula is C26H30N2O2. The molecule has 1 fully saturated rings. The lowest BCUT2D eigenvalue weighted by Gasteiger charge is -2.33. The Labute approximate surface area is 178 Å². The number of Topliss-reactive ketones (excluding diaryl/α,β-unsaturated/α-hetero) is 1. The van der Waals surface area contributed by atoms with Crippen molar-refractivity contribution in [3.63, 3.8) is 0 Å². The number of benzene rings is 1. The van der Waals surface area contributed by atoms with Gasteiger partial charge >= 0.3 is 0 Å². The summed E-state index contributed by atoms with van der Waals surface area (Å²) in [7, 11) is 1.58. The van der Waals surface area contributed by atoms with Gasteiger partial charge in [0.15, 0.2) is 5.78 Å². The number of aromatic nitrogens is 2. The molecule has 2 aromatic heterocycles. The maximum atomic E-state index is 12.8. The smallest absolute Gasteiger partial charge is 0.212 e. The molecule has 0 amide bonds. The van der Waals surface area contributed by atoms with Gasteiger partial charge in [0, 0.05) is 35.8 Å².